The molecule has 1 N–H and O–H groups in total. The molecule has 0 radical (unpaired) electrons. The van der Waals surface area contributed by atoms with Crippen molar-refractivity contribution in [1.29, 1.82) is 0 Å². The standard InChI is InChI=1S/C12H13N3/c1(9-6-13-8-14-7-9)2-10-5-11-3-4-12(10)15-11/h6-8,10-12,15H,3-5H2. The monoisotopic (exact) mass is 199 g/mol. The molecule has 3 heteroatoms. The SMILES string of the molecule is C(#CC1CC2CCC1N2)c1cncnc1. The van der Waals surface area contributed by atoms with Gasteiger partial charge in [-0.05, 0) is 19.3 Å². The third-order valence-electron chi connectivity index (χ3n) is 3.26. The van der Waals surface area contributed by atoms with Crippen LogP contribution in [0.3, 0.4) is 0 Å². The van der Waals surface area contributed by atoms with Crippen LogP contribution in [0.1, 0.15) is 24.8 Å². The summed E-state index contributed by atoms with van der Waals surface area (Å²) in [5, 5.41) is 3.58. The van der Waals surface area contributed by atoms with Crippen LogP contribution in [-0.4, -0.2) is 22.1 Å². The molecule has 1 aromatic heterocycles. The number of aromatic nitrogens is 2. The average Bonchev–Trinajstić information content (AvgIpc) is 2.89. The third kappa shape index (κ3) is 1.73. The van der Waals surface area contributed by atoms with Gasteiger partial charge in [0.2, 0.25) is 0 Å². The van der Waals surface area contributed by atoms with Crippen molar-refractivity contribution >= 4 is 0 Å². The van der Waals surface area contributed by atoms with E-state index < -0.39 is 0 Å². The van der Waals surface area contributed by atoms with Crippen molar-refractivity contribution in [2.24, 2.45) is 5.92 Å². The van der Waals surface area contributed by atoms with Crippen LogP contribution in [0.15, 0.2) is 18.7 Å². The Bertz CT molecular complexity index is 404. The highest BCUT2D eigenvalue weighted by atomic mass is 15.0. The van der Waals surface area contributed by atoms with E-state index in [-0.39, 0.29) is 0 Å². The summed E-state index contributed by atoms with van der Waals surface area (Å²) < 4.78 is 0. The molecule has 2 fully saturated rings. The zero-order valence-corrected chi connectivity index (χ0v) is 8.48. The fraction of sp³-hybridized carbons (Fsp3) is 0.500. The molecule has 3 rings (SSSR count). The van der Waals surface area contributed by atoms with Crippen LogP contribution in [0, 0.1) is 17.8 Å². The van der Waals surface area contributed by atoms with E-state index in [9.17, 15) is 0 Å². The maximum absolute atomic E-state index is 3.95. The lowest BCUT2D eigenvalue weighted by atomic mass is 9.89. The molecule has 0 aliphatic carbocycles. The Balaban J connectivity index is 1.74. The third-order valence-corrected chi connectivity index (χ3v) is 3.26. The highest BCUT2D eigenvalue weighted by molar-refractivity contribution is 5.31. The minimum atomic E-state index is 0.531. The van der Waals surface area contributed by atoms with Gasteiger partial charge < -0.3 is 5.32 Å². The Hall–Kier alpha value is -1.40. The van der Waals surface area contributed by atoms with E-state index in [1.54, 1.807) is 12.4 Å². The largest absolute Gasteiger partial charge is 0.310 e. The van der Waals surface area contributed by atoms with Crippen molar-refractivity contribution in [2.75, 3.05) is 0 Å². The molecule has 2 aliphatic rings. The molecule has 1 aromatic rings. The Kier molecular flexibility index (Phi) is 2.15. The van der Waals surface area contributed by atoms with Crippen LogP contribution in [0.5, 0.6) is 0 Å². The van der Waals surface area contributed by atoms with Gasteiger partial charge in [-0.2, -0.15) is 0 Å². The summed E-state index contributed by atoms with van der Waals surface area (Å²) in [6, 6.07) is 1.36. The van der Waals surface area contributed by atoms with Crippen LogP contribution < -0.4 is 5.32 Å². The first-order valence-corrected chi connectivity index (χ1v) is 5.44. The summed E-state index contributed by atoms with van der Waals surface area (Å²) in [6.07, 6.45) is 8.89. The number of nitrogens with zero attached hydrogens (tertiary/aromatic N) is 2. The van der Waals surface area contributed by atoms with Gasteiger partial charge in [-0.25, -0.2) is 9.97 Å². The molecule has 2 bridgehead atoms. The van der Waals surface area contributed by atoms with Crippen molar-refractivity contribution in [2.45, 2.75) is 31.3 Å². The van der Waals surface area contributed by atoms with Crippen LogP contribution in [0.25, 0.3) is 0 Å². The van der Waals surface area contributed by atoms with Crippen molar-refractivity contribution in [3.8, 4) is 11.8 Å². The predicted molar refractivity (Wildman–Crippen MR) is 57.0 cm³/mol. The topological polar surface area (TPSA) is 37.8 Å². The highest BCUT2D eigenvalue weighted by Crippen LogP contribution is 2.32. The highest BCUT2D eigenvalue weighted by Gasteiger charge is 2.37. The van der Waals surface area contributed by atoms with Gasteiger partial charge in [-0.3, -0.25) is 0 Å². The van der Waals surface area contributed by atoms with Crippen molar-refractivity contribution < 1.29 is 0 Å². The summed E-state index contributed by atoms with van der Waals surface area (Å²) in [7, 11) is 0. The summed E-state index contributed by atoms with van der Waals surface area (Å²) >= 11 is 0. The fourth-order valence-corrected chi connectivity index (χ4v) is 2.52. The Morgan fingerprint density at radius 3 is 2.80 bits per heavy atom. The maximum atomic E-state index is 3.95. The maximum Gasteiger partial charge on any atom is 0.115 e. The lowest BCUT2D eigenvalue weighted by Crippen LogP contribution is -2.21. The number of hydrogen-bond donors (Lipinski definition) is 1. The van der Waals surface area contributed by atoms with Gasteiger partial charge in [0.1, 0.15) is 6.33 Å². The van der Waals surface area contributed by atoms with Crippen LogP contribution in [-0.2, 0) is 0 Å². The Labute approximate surface area is 89.3 Å². The predicted octanol–water partition coefficient (Wildman–Crippen LogP) is 0.969. The van der Waals surface area contributed by atoms with E-state index in [1.165, 1.54) is 25.6 Å². The number of hydrogen-bond acceptors (Lipinski definition) is 3. The molecule has 3 heterocycles. The second-order valence-electron chi connectivity index (χ2n) is 4.29. The van der Waals surface area contributed by atoms with Crippen LogP contribution >= 0.6 is 0 Å². The second kappa shape index (κ2) is 3.63. The summed E-state index contributed by atoms with van der Waals surface area (Å²) in [6.45, 7) is 0. The fourth-order valence-electron chi connectivity index (χ4n) is 2.52. The molecule has 0 spiro atoms. The van der Waals surface area contributed by atoms with Gasteiger partial charge in [-0.15, -0.1) is 0 Å². The van der Waals surface area contributed by atoms with E-state index in [4.69, 9.17) is 0 Å². The summed E-state index contributed by atoms with van der Waals surface area (Å²) in [5.41, 5.74) is 0.917. The normalized spacial score (nSPS) is 32.4. The van der Waals surface area contributed by atoms with E-state index in [2.05, 4.69) is 27.1 Å². The average molecular weight is 199 g/mol. The quantitative estimate of drug-likeness (QED) is 0.633. The first-order chi connectivity index (χ1) is 7.42. The lowest BCUT2D eigenvalue weighted by Gasteiger charge is -2.13. The zero-order chi connectivity index (χ0) is 10.1. The van der Waals surface area contributed by atoms with E-state index in [0.717, 1.165) is 11.6 Å². The molecule has 2 aliphatic heterocycles. The van der Waals surface area contributed by atoms with Crippen molar-refractivity contribution in [3.63, 3.8) is 0 Å². The van der Waals surface area contributed by atoms with Crippen molar-refractivity contribution in [1.82, 2.24) is 15.3 Å². The van der Waals surface area contributed by atoms with Gasteiger partial charge in [0.05, 0.1) is 5.56 Å². The van der Waals surface area contributed by atoms with Gasteiger partial charge >= 0.3 is 0 Å². The number of fused-ring (bicyclic) bond motifs is 2. The van der Waals surface area contributed by atoms with E-state index in [1.807, 2.05) is 0 Å². The number of rotatable bonds is 0. The second-order valence-corrected chi connectivity index (χ2v) is 4.29. The molecular weight excluding hydrogens is 186 g/mol. The first kappa shape index (κ1) is 8.87. The van der Waals surface area contributed by atoms with Crippen LogP contribution in [0.2, 0.25) is 0 Å². The molecule has 0 aromatic carbocycles. The molecule has 3 atom stereocenters. The molecule has 3 nitrogen and oxygen atoms in total. The minimum absolute atomic E-state index is 0.531. The first-order valence-electron chi connectivity index (χ1n) is 5.44. The summed E-state index contributed by atoms with van der Waals surface area (Å²) in [5.74, 6) is 7.02. The zero-order valence-electron chi connectivity index (χ0n) is 8.48. The van der Waals surface area contributed by atoms with Crippen LogP contribution in [0.4, 0.5) is 0 Å². The molecular formula is C12H13N3. The van der Waals surface area contributed by atoms with Gasteiger partial charge in [0.25, 0.3) is 0 Å². The molecule has 0 saturated carbocycles. The smallest absolute Gasteiger partial charge is 0.115 e. The molecule has 2 saturated heterocycles. The van der Waals surface area contributed by atoms with Gasteiger partial charge in [0, 0.05) is 30.4 Å². The summed E-state index contributed by atoms with van der Waals surface area (Å²) in [4.78, 5) is 7.90. The van der Waals surface area contributed by atoms with E-state index >= 15 is 0 Å². The van der Waals surface area contributed by atoms with Crippen molar-refractivity contribution in [3.05, 3.63) is 24.3 Å². The van der Waals surface area contributed by atoms with E-state index in [0.29, 0.717) is 12.0 Å². The van der Waals surface area contributed by atoms with Gasteiger partial charge in [-0.1, -0.05) is 11.8 Å². The molecule has 76 valence electrons. The molecule has 15 heavy (non-hydrogen) atoms. The minimum Gasteiger partial charge on any atom is -0.310 e. The van der Waals surface area contributed by atoms with Gasteiger partial charge in [0.15, 0.2) is 0 Å². The molecule has 3 unspecified atom stereocenters. The Morgan fingerprint density at radius 2 is 2.13 bits per heavy atom. The Morgan fingerprint density at radius 1 is 1.27 bits per heavy atom. The molecule has 0 amide bonds. The number of nitrogens with one attached hydrogen (secondary N) is 1. The lowest BCUT2D eigenvalue weighted by molar-refractivity contribution is 0.493.